The summed E-state index contributed by atoms with van der Waals surface area (Å²) in [7, 11) is 1.35. The highest BCUT2D eigenvalue weighted by Crippen LogP contribution is 2.07. The molecule has 5 nitrogen and oxygen atoms in total. The quantitative estimate of drug-likeness (QED) is 0.667. The van der Waals surface area contributed by atoms with E-state index in [0.29, 0.717) is 6.54 Å². The Kier molecular flexibility index (Phi) is 5.25. The first-order chi connectivity index (χ1) is 7.65. The molecule has 1 aliphatic rings. The molecule has 1 aliphatic heterocycles. The first-order valence-corrected chi connectivity index (χ1v) is 5.74. The number of ether oxygens (including phenoxy) is 1. The summed E-state index contributed by atoms with van der Waals surface area (Å²) < 4.78 is 4.58. The molecule has 1 saturated heterocycles. The van der Waals surface area contributed by atoms with E-state index < -0.39 is 0 Å². The monoisotopic (exact) mass is 228 g/mol. The number of hydrogen-bond donors (Lipinski definition) is 2. The number of nitrogens with one attached hydrogen (secondary N) is 2. The van der Waals surface area contributed by atoms with Crippen molar-refractivity contribution in [2.75, 3.05) is 20.2 Å². The number of methoxy groups -OCH3 is 1. The van der Waals surface area contributed by atoms with Crippen LogP contribution in [0.4, 0.5) is 0 Å². The molecule has 2 unspecified atom stereocenters. The minimum atomic E-state index is -0.295. The Labute approximate surface area is 95.9 Å². The van der Waals surface area contributed by atoms with Crippen molar-refractivity contribution in [1.29, 1.82) is 0 Å². The van der Waals surface area contributed by atoms with Crippen LogP contribution in [0.2, 0.25) is 0 Å². The van der Waals surface area contributed by atoms with Crippen LogP contribution in [0.3, 0.4) is 0 Å². The van der Waals surface area contributed by atoms with Crippen LogP contribution in [0, 0.1) is 5.92 Å². The molecule has 0 aromatic carbocycles. The second-order valence-electron chi connectivity index (χ2n) is 4.17. The molecule has 0 aromatic heterocycles. The maximum Gasteiger partial charge on any atom is 0.310 e. The number of rotatable bonds is 4. The maximum atomic E-state index is 11.7. The molecule has 16 heavy (non-hydrogen) atoms. The lowest BCUT2D eigenvalue weighted by atomic mass is 10.0. The van der Waals surface area contributed by atoms with Crippen molar-refractivity contribution in [3.63, 3.8) is 0 Å². The number of esters is 1. The van der Waals surface area contributed by atoms with E-state index in [1.165, 1.54) is 7.11 Å². The van der Waals surface area contributed by atoms with Gasteiger partial charge in [0.2, 0.25) is 5.91 Å². The van der Waals surface area contributed by atoms with Crippen LogP contribution in [0.1, 0.15) is 26.2 Å². The molecule has 0 aromatic rings. The first-order valence-electron chi connectivity index (χ1n) is 5.74. The molecule has 1 heterocycles. The topological polar surface area (TPSA) is 67.4 Å². The lowest BCUT2D eigenvalue weighted by molar-refractivity contribution is -0.144. The van der Waals surface area contributed by atoms with Gasteiger partial charge in [0.05, 0.1) is 19.1 Å². The fourth-order valence-electron chi connectivity index (χ4n) is 1.74. The Morgan fingerprint density at radius 1 is 1.50 bits per heavy atom. The van der Waals surface area contributed by atoms with Gasteiger partial charge in [0.15, 0.2) is 0 Å². The molecule has 1 rings (SSSR count). The molecule has 5 heteroatoms. The minimum Gasteiger partial charge on any atom is -0.469 e. The summed E-state index contributed by atoms with van der Waals surface area (Å²) in [4.78, 5) is 22.8. The van der Waals surface area contributed by atoms with Gasteiger partial charge in [-0.25, -0.2) is 0 Å². The van der Waals surface area contributed by atoms with Gasteiger partial charge in [-0.15, -0.1) is 0 Å². The Balaban J connectivity index is 2.26. The molecule has 0 bridgehead atoms. The third kappa shape index (κ3) is 3.81. The van der Waals surface area contributed by atoms with Gasteiger partial charge >= 0.3 is 5.97 Å². The fourth-order valence-corrected chi connectivity index (χ4v) is 1.74. The Morgan fingerprint density at radius 2 is 2.25 bits per heavy atom. The van der Waals surface area contributed by atoms with E-state index in [-0.39, 0.29) is 23.8 Å². The highest BCUT2D eigenvalue weighted by molar-refractivity contribution is 5.82. The van der Waals surface area contributed by atoms with Crippen LogP contribution >= 0.6 is 0 Å². The lowest BCUT2D eigenvalue weighted by Gasteiger charge is -2.23. The normalized spacial score (nSPS) is 22.2. The third-order valence-electron chi connectivity index (χ3n) is 2.81. The van der Waals surface area contributed by atoms with Crippen LogP contribution in [0.25, 0.3) is 0 Å². The van der Waals surface area contributed by atoms with Gasteiger partial charge in [-0.05, 0) is 19.4 Å². The van der Waals surface area contributed by atoms with E-state index in [9.17, 15) is 9.59 Å². The SMILES string of the molecule is COC(=O)C(C)CNC(=O)C1CCCCN1. The molecule has 2 atom stereocenters. The summed E-state index contributed by atoms with van der Waals surface area (Å²) in [6, 6.07) is -0.0985. The fraction of sp³-hybridized carbons (Fsp3) is 0.818. The number of hydrogen-bond acceptors (Lipinski definition) is 4. The molecule has 92 valence electrons. The Morgan fingerprint density at radius 3 is 2.81 bits per heavy atom. The van der Waals surface area contributed by atoms with Crippen molar-refractivity contribution in [3.05, 3.63) is 0 Å². The van der Waals surface area contributed by atoms with E-state index in [1.54, 1.807) is 6.92 Å². The van der Waals surface area contributed by atoms with Crippen molar-refractivity contribution < 1.29 is 14.3 Å². The van der Waals surface area contributed by atoms with Gasteiger partial charge < -0.3 is 15.4 Å². The summed E-state index contributed by atoms with van der Waals surface area (Å²) in [5, 5.41) is 5.92. The predicted octanol–water partition coefficient (Wildman–Crippen LogP) is 0.0538. The summed E-state index contributed by atoms with van der Waals surface area (Å²) in [5.41, 5.74) is 0. The Hall–Kier alpha value is -1.10. The standard InChI is InChI=1S/C11H20N2O3/c1-8(11(15)16-2)7-13-10(14)9-5-3-4-6-12-9/h8-9,12H,3-7H2,1-2H3,(H,13,14). The number of amides is 1. The van der Waals surface area contributed by atoms with Crippen LogP contribution in [-0.2, 0) is 14.3 Å². The summed E-state index contributed by atoms with van der Waals surface area (Å²) in [6.07, 6.45) is 3.08. The van der Waals surface area contributed by atoms with Gasteiger partial charge in [0.25, 0.3) is 0 Å². The molecule has 1 fully saturated rings. The average Bonchev–Trinajstić information content (AvgIpc) is 2.35. The molecule has 2 N–H and O–H groups in total. The third-order valence-corrected chi connectivity index (χ3v) is 2.81. The van der Waals surface area contributed by atoms with E-state index in [4.69, 9.17) is 0 Å². The number of piperidine rings is 1. The summed E-state index contributed by atoms with van der Waals surface area (Å²) >= 11 is 0. The van der Waals surface area contributed by atoms with E-state index in [2.05, 4.69) is 15.4 Å². The zero-order valence-corrected chi connectivity index (χ0v) is 9.91. The lowest BCUT2D eigenvalue weighted by Crippen LogP contribution is -2.48. The highest BCUT2D eigenvalue weighted by atomic mass is 16.5. The van der Waals surface area contributed by atoms with Crippen molar-refractivity contribution in [1.82, 2.24) is 10.6 Å². The maximum absolute atomic E-state index is 11.7. The zero-order valence-electron chi connectivity index (χ0n) is 9.91. The average molecular weight is 228 g/mol. The second kappa shape index (κ2) is 6.48. The molecule has 0 aliphatic carbocycles. The molecular formula is C11H20N2O3. The van der Waals surface area contributed by atoms with Gasteiger partial charge in [-0.1, -0.05) is 13.3 Å². The molecule has 0 saturated carbocycles. The van der Waals surface area contributed by atoms with Crippen LogP contribution < -0.4 is 10.6 Å². The van der Waals surface area contributed by atoms with Crippen molar-refractivity contribution in [2.24, 2.45) is 5.92 Å². The van der Waals surface area contributed by atoms with Crippen LogP contribution in [0.15, 0.2) is 0 Å². The minimum absolute atomic E-state index is 0.0181. The second-order valence-corrected chi connectivity index (χ2v) is 4.17. The van der Waals surface area contributed by atoms with Crippen molar-refractivity contribution in [3.8, 4) is 0 Å². The molecule has 1 amide bonds. The van der Waals surface area contributed by atoms with Gasteiger partial charge in [0, 0.05) is 6.54 Å². The molecule has 0 spiro atoms. The van der Waals surface area contributed by atoms with Crippen LogP contribution in [0.5, 0.6) is 0 Å². The number of carbonyl (C=O) groups excluding carboxylic acids is 2. The zero-order chi connectivity index (χ0) is 12.0. The molecule has 0 radical (unpaired) electrons. The smallest absolute Gasteiger partial charge is 0.310 e. The largest absolute Gasteiger partial charge is 0.469 e. The first kappa shape index (κ1) is 13.0. The van der Waals surface area contributed by atoms with Gasteiger partial charge in [-0.3, -0.25) is 9.59 Å². The molecular weight excluding hydrogens is 208 g/mol. The number of carbonyl (C=O) groups is 2. The van der Waals surface area contributed by atoms with Crippen LogP contribution in [-0.4, -0.2) is 38.1 Å². The van der Waals surface area contributed by atoms with E-state index in [1.807, 2.05) is 0 Å². The van der Waals surface area contributed by atoms with E-state index in [0.717, 1.165) is 25.8 Å². The highest BCUT2D eigenvalue weighted by Gasteiger charge is 2.21. The summed E-state index contributed by atoms with van der Waals surface area (Å²) in [5.74, 6) is -0.607. The Bertz CT molecular complexity index is 250. The predicted molar refractivity (Wildman–Crippen MR) is 59.8 cm³/mol. The summed E-state index contributed by atoms with van der Waals surface area (Å²) in [6.45, 7) is 2.97. The van der Waals surface area contributed by atoms with E-state index >= 15 is 0 Å². The van der Waals surface area contributed by atoms with Crippen molar-refractivity contribution >= 4 is 11.9 Å². The van der Waals surface area contributed by atoms with Crippen molar-refractivity contribution in [2.45, 2.75) is 32.2 Å². The van der Waals surface area contributed by atoms with Gasteiger partial charge in [-0.2, -0.15) is 0 Å². The van der Waals surface area contributed by atoms with Gasteiger partial charge in [0.1, 0.15) is 0 Å².